The Balaban J connectivity index is 2.86. The van der Waals surface area contributed by atoms with Gasteiger partial charge in [0.05, 0.1) is 4.70 Å². The first-order valence-electron chi connectivity index (χ1n) is 3.69. The second-order valence-electron chi connectivity index (χ2n) is 2.64. The van der Waals surface area contributed by atoms with Gasteiger partial charge in [-0.1, -0.05) is 28.1 Å². The van der Waals surface area contributed by atoms with E-state index in [1.807, 2.05) is 18.2 Å². The largest absolute Gasteiger partial charge is 0.195 e. The smallest absolute Gasteiger partial charge is 0.181 e. The molecule has 0 aliphatic rings. The average Bonchev–Trinajstić information content (AvgIpc) is 2.43. The summed E-state index contributed by atoms with van der Waals surface area (Å²) in [6.07, 6.45) is 0. The molecule has 0 atom stereocenters. The van der Waals surface area contributed by atoms with Crippen molar-refractivity contribution in [3.8, 4) is 0 Å². The Hall–Kier alpha value is -0.0600. The summed E-state index contributed by atoms with van der Waals surface area (Å²) in [6, 6.07) is 5.69. The molecule has 2 rings (SSSR count). The number of fused-ring (bicyclic) bond motifs is 1. The van der Waals surface area contributed by atoms with Crippen molar-refractivity contribution in [2.75, 3.05) is 0 Å². The SMILES string of the molecule is Fc1sc2c(S)cccc2c1CBr. The minimum absolute atomic E-state index is 0.117. The molecule has 2 aromatic rings. The standard InChI is InChI=1S/C9H6BrFS2/c10-4-6-5-2-1-3-7(12)8(5)13-9(6)11/h1-3,12H,4H2. The summed E-state index contributed by atoms with van der Waals surface area (Å²) in [4.78, 5) is 0.841. The predicted octanol–water partition coefficient (Wildman–Crippen LogP) is 4.22. The minimum atomic E-state index is -0.117. The van der Waals surface area contributed by atoms with Crippen LogP contribution in [0.15, 0.2) is 23.1 Å². The molecule has 0 fully saturated rings. The van der Waals surface area contributed by atoms with Crippen molar-refractivity contribution in [1.29, 1.82) is 0 Å². The zero-order chi connectivity index (χ0) is 9.42. The van der Waals surface area contributed by atoms with Crippen molar-refractivity contribution in [1.82, 2.24) is 0 Å². The highest BCUT2D eigenvalue weighted by molar-refractivity contribution is 9.08. The second-order valence-corrected chi connectivity index (χ2v) is 4.66. The van der Waals surface area contributed by atoms with Gasteiger partial charge in [-0.15, -0.1) is 24.0 Å². The van der Waals surface area contributed by atoms with Gasteiger partial charge in [0.25, 0.3) is 0 Å². The minimum Gasteiger partial charge on any atom is -0.195 e. The monoisotopic (exact) mass is 276 g/mol. The summed E-state index contributed by atoms with van der Waals surface area (Å²) in [7, 11) is 0. The third-order valence-corrected chi connectivity index (χ3v) is 4.04. The van der Waals surface area contributed by atoms with Gasteiger partial charge in [-0.3, -0.25) is 0 Å². The maximum absolute atomic E-state index is 13.3. The molecule has 0 aliphatic carbocycles. The topological polar surface area (TPSA) is 0 Å². The quantitative estimate of drug-likeness (QED) is 0.585. The van der Waals surface area contributed by atoms with Gasteiger partial charge >= 0.3 is 0 Å². The highest BCUT2D eigenvalue weighted by Crippen LogP contribution is 2.34. The molecule has 0 saturated carbocycles. The first kappa shape index (κ1) is 9.49. The van der Waals surface area contributed by atoms with Gasteiger partial charge in [0.2, 0.25) is 0 Å². The van der Waals surface area contributed by atoms with Crippen LogP contribution in [0.3, 0.4) is 0 Å². The highest BCUT2D eigenvalue weighted by atomic mass is 79.9. The van der Waals surface area contributed by atoms with Crippen molar-refractivity contribution in [2.45, 2.75) is 10.2 Å². The summed E-state index contributed by atoms with van der Waals surface area (Å²) in [6.45, 7) is 0. The Morgan fingerprint density at radius 3 is 2.92 bits per heavy atom. The summed E-state index contributed by atoms with van der Waals surface area (Å²) in [5, 5.41) is 1.40. The number of hydrogen-bond acceptors (Lipinski definition) is 2. The van der Waals surface area contributed by atoms with Crippen molar-refractivity contribution < 1.29 is 4.39 Å². The molecule has 0 nitrogen and oxygen atoms in total. The Labute approximate surface area is 93.3 Å². The van der Waals surface area contributed by atoms with Crippen LogP contribution in [0.4, 0.5) is 4.39 Å². The van der Waals surface area contributed by atoms with Gasteiger partial charge in [0.15, 0.2) is 5.13 Å². The molecule has 1 aromatic carbocycles. The normalized spacial score (nSPS) is 11.0. The van der Waals surface area contributed by atoms with Crippen LogP contribution in [0.1, 0.15) is 5.56 Å². The zero-order valence-electron chi connectivity index (χ0n) is 6.55. The molecule has 0 N–H and O–H groups in total. The molecule has 0 spiro atoms. The maximum atomic E-state index is 13.3. The third kappa shape index (κ3) is 1.51. The van der Waals surface area contributed by atoms with Crippen LogP contribution in [0.5, 0.6) is 0 Å². The predicted molar refractivity (Wildman–Crippen MR) is 61.7 cm³/mol. The van der Waals surface area contributed by atoms with E-state index in [-0.39, 0.29) is 5.13 Å². The van der Waals surface area contributed by atoms with Crippen LogP contribution in [-0.4, -0.2) is 0 Å². The van der Waals surface area contributed by atoms with E-state index in [4.69, 9.17) is 0 Å². The number of halogens is 2. The number of rotatable bonds is 1. The lowest BCUT2D eigenvalue weighted by atomic mass is 10.2. The molecule has 0 aliphatic heterocycles. The number of thiol groups is 1. The van der Waals surface area contributed by atoms with Crippen molar-refractivity contribution in [2.24, 2.45) is 0 Å². The van der Waals surface area contributed by atoms with Crippen LogP contribution in [0.25, 0.3) is 10.1 Å². The number of benzene rings is 1. The molecule has 4 heteroatoms. The van der Waals surface area contributed by atoms with Crippen molar-refractivity contribution in [3.63, 3.8) is 0 Å². The lowest BCUT2D eigenvalue weighted by Gasteiger charge is -1.94. The first-order chi connectivity index (χ1) is 6.24. The van der Waals surface area contributed by atoms with Gasteiger partial charge in [-0.2, -0.15) is 4.39 Å². The average molecular weight is 277 g/mol. The van der Waals surface area contributed by atoms with E-state index >= 15 is 0 Å². The first-order valence-corrected chi connectivity index (χ1v) is 6.07. The highest BCUT2D eigenvalue weighted by Gasteiger charge is 2.11. The van der Waals surface area contributed by atoms with E-state index in [1.54, 1.807) is 0 Å². The fourth-order valence-electron chi connectivity index (χ4n) is 1.25. The van der Waals surface area contributed by atoms with Gasteiger partial charge < -0.3 is 0 Å². The second kappa shape index (κ2) is 3.59. The molecule has 0 bridgehead atoms. The van der Waals surface area contributed by atoms with E-state index in [9.17, 15) is 4.39 Å². The molecular formula is C9H6BrFS2. The van der Waals surface area contributed by atoms with Crippen molar-refractivity contribution in [3.05, 3.63) is 28.9 Å². The zero-order valence-corrected chi connectivity index (χ0v) is 9.85. The van der Waals surface area contributed by atoms with E-state index in [2.05, 4.69) is 28.6 Å². The van der Waals surface area contributed by atoms with E-state index in [0.717, 1.165) is 31.9 Å². The molecule has 0 unspecified atom stereocenters. The molecule has 68 valence electrons. The molecule has 1 aromatic heterocycles. The molecular weight excluding hydrogens is 271 g/mol. The van der Waals surface area contributed by atoms with Crippen LogP contribution >= 0.6 is 39.9 Å². The summed E-state index contributed by atoms with van der Waals surface area (Å²) in [5.41, 5.74) is 0.732. The van der Waals surface area contributed by atoms with Crippen LogP contribution in [0.2, 0.25) is 0 Å². The van der Waals surface area contributed by atoms with E-state index in [1.165, 1.54) is 0 Å². The Morgan fingerprint density at radius 2 is 2.23 bits per heavy atom. The fraction of sp³-hybridized carbons (Fsp3) is 0.111. The maximum Gasteiger partial charge on any atom is 0.181 e. The van der Waals surface area contributed by atoms with E-state index in [0.29, 0.717) is 5.33 Å². The summed E-state index contributed by atoms with van der Waals surface area (Å²) >= 11 is 8.71. The fourth-order valence-corrected chi connectivity index (χ4v) is 3.29. The van der Waals surface area contributed by atoms with Crippen molar-refractivity contribution >= 4 is 50.0 Å². The lowest BCUT2D eigenvalue weighted by Crippen LogP contribution is -1.76. The van der Waals surface area contributed by atoms with Gasteiger partial charge in [0.1, 0.15) is 0 Å². The Morgan fingerprint density at radius 1 is 1.46 bits per heavy atom. The molecule has 0 amide bonds. The third-order valence-electron chi connectivity index (χ3n) is 1.88. The summed E-state index contributed by atoms with van der Waals surface area (Å²) in [5.74, 6) is 0. The lowest BCUT2D eigenvalue weighted by molar-refractivity contribution is 0.649. The van der Waals surface area contributed by atoms with Crippen LogP contribution < -0.4 is 0 Å². The van der Waals surface area contributed by atoms with E-state index < -0.39 is 0 Å². The van der Waals surface area contributed by atoms with Crippen LogP contribution in [0, 0.1) is 5.13 Å². The van der Waals surface area contributed by atoms with Crippen LogP contribution in [-0.2, 0) is 5.33 Å². The molecule has 13 heavy (non-hydrogen) atoms. The molecule has 0 radical (unpaired) electrons. The molecule has 0 saturated heterocycles. The number of thiophene rings is 1. The van der Waals surface area contributed by atoms with Gasteiger partial charge in [-0.25, -0.2) is 0 Å². The van der Waals surface area contributed by atoms with Gasteiger partial charge in [-0.05, 0) is 6.07 Å². The Bertz CT molecular complexity index is 450. The number of hydrogen-bond donors (Lipinski definition) is 1. The van der Waals surface area contributed by atoms with Gasteiger partial charge in [0, 0.05) is 21.2 Å². The molecule has 1 heterocycles. The number of alkyl halides is 1. The Kier molecular flexibility index (Phi) is 2.62. The summed E-state index contributed by atoms with van der Waals surface area (Å²) < 4.78 is 14.3.